The van der Waals surface area contributed by atoms with Gasteiger partial charge in [-0.05, 0) is 25.1 Å². The van der Waals surface area contributed by atoms with Gasteiger partial charge in [0.1, 0.15) is 6.10 Å². The van der Waals surface area contributed by atoms with Crippen molar-refractivity contribution >= 4 is 11.9 Å². The highest BCUT2D eigenvalue weighted by atomic mass is 16.5. The smallest absolute Gasteiger partial charge is 0.338 e. The van der Waals surface area contributed by atoms with Crippen LogP contribution in [0.4, 0.5) is 0 Å². The summed E-state index contributed by atoms with van der Waals surface area (Å²) in [6, 6.07) is 7.88. The Morgan fingerprint density at radius 2 is 2.00 bits per heavy atom. The highest BCUT2D eigenvalue weighted by molar-refractivity contribution is 5.89. The summed E-state index contributed by atoms with van der Waals surface area (Å²) in [5, 5.41) is 11.9. The molecule has 0 heterocycles. The molecule has 0 saturated carbocycles. The first kappa shape index (κ1) is 15.9. The van der Waals surface area contributed by atoms with Gasteiger partial charge in [-0.1, -0.05) is 24.3 Å². The monoisotopic (exact) mass is 277 g/mol. The predicted octanol–water partition coefficient (Wildman–Crippen LogP) is 1.29. The third kappa shape index (κ3) is 4.85. The van der Waals surface area contributed by atoms with Crippen LogP contribution in [-0.4, -0.2) is 35.7 Å². The van der Waals surface area contributed by atoms with E-state index in [1.54, 1.807) is 49.4 Å². The van der Waals surface area contributed by atoms with E-state index in [1.165, 1.54) is 6.92 Å². The minimum Gasteiger partial charge on any atom is -0.452 e. The zero-order chi connectivity index (χ0) is 15.0. The number of carbonyl (C=O) groups excluding carboxylic acids is 2. The van der Waals surface area contributed by atoms with Gasteiger partial charge < -0.3 is 15.2 Å². The summed E-state index contributed by atoms with van der Waals surface area (Å²) >= 11 is 0. The van der Waals surface area contributed by atoms with Gasteiger partial charge in [-0.3, -0.25) is 4.79 Å². The molecule has 0 aliphatic heterocycles. The lowest BCUT2D eigenvalue weighted by Gasteiger charge is -2.23. The van der Waals surface area contributed by atoms with E-state index in [0.717, 1.165) is 0 Å². The number of aliphatic hydroxyl groups excluding tert-OH is 1. The number of amides is 1. The van der Waals surface area contributed by atoms with Gasteiger partial charge in [0.2, 0.25) is 5.91 Å². The van der Waals surface area contributed by atoms with E-state index in [-0.39, 0.29) is 12.5 Å². The second-order valence-electron chi connectivity index (χ2n) is 4.25. The van der Waals surface area contributed by atoms with Crippen molar-refractivity contribution in [2.45, 2.75) is 26.0 Å². The summed E-state index contributed by atoms with van der Waals surface area (Å²) in [4.78, 5) is 23.1. The Labute approximate surface area is 118 Å². The molecule has 108 valence electrons. The van der Waals surface area contributed by atoms with Gasteiger partial charge in [0, 0.05) is 6.92 Å². The molecule has 0 spiro atoms. The third-order valence-electron chi connectivity index (χ3n) is 2.62. The first-order valence-corrected chi connectivity index (χ1v) is 6.35. The van der Waals surface area contributed by atoms with Gasteiger partial charge in [0.15, 0.2) is 0 Å². The Morgan fingerprint density at radius 1 is 1.35 bits per heavy atom. The fourth-order valence-electron chi connectivity index (χ4n) is 1.70. The van der Waals surface area contributed by atoms with E-state index in [9.17, 15) is 14.7 Å². The van der Waals surface area contributed by atoms with Crippen molar-refractivity contribution < 1.29 is 19.4 Å². The minimum absolute atomic E-state index is 0.297. The van der Waals surface area contributed by atoms with Gasteiger partial charge in [0.05, 0.1) is 18.2 Å². The fourth-order valence-corrected chi connectivity index (χ4v) is 1.70. The fraction of sp³-hybridized carbons (Fsp3) is 0.333. The van der Waals surface area contributed by atoms with Crippen LogP contribution in [0.25, 0.3) is 0 Å². The molecule has 2 N–H and O–H groups in total. The normalized spacial score (nSPS) is 13.8. The van der Waals surface area contributed by atoms with Crippen LogP contribution in [0.2, 0.25) is 0 Å². The van der Waals surface area contributed by atoms with Crippen LogP contribution in [0, 0.1) is 0 Å². The van der Waals surface area contributed by atoms with Crippen LogP contribution in [0.15, 0.2) is 42.5 Å². The highest BCUT2D eigenvalue weighted by Gasteiger charge is 2.23. The molecule has 0 saturated heterocycles. The highest BCUT2D eigenvalue weighted by Crippen LogP contribution is 2.08. The molecule has 0 unspecified atom stereocenters. The number of hydrogen-bond acceptors (Lipinski definition) is 4. The van der Waals surface area contributed by atoms with Gasteiger partial charge >= 0.3 is 5.97 Å². The second kappa shape index (κ2) is 8.12. The number of nitrogens with one attached hydrogen (secondary N) is 1. The van der Waals surface area contributed by atoms with E-state index in [4.69, 9.17) is 4.74 Å². The minimum atomic E-state index is -0.721. The van der Waals surface area contributed by atoms with E-state index in [1.807, 2.05) is 0 Å². The molecular formula is C15H19NO4. The first-order valence-electron chi connectivity index (χ1n) is 6.35. The summed E-state index contributed by atoms with van der Waals surface area (Å²) in [5.74, 6) is -0.799. The quantitative estimate of drug-likeness (QED) is 0.607. The van der Waals surface area contributed by atoms with E-state index >= 15 is 0 Å². The van der Waals surface area contributed by atoms with Crippen molar-refractivity contribution in [3.8, 4) is 0 Å². The van der Waals surface area contributed by atoms with E-state index in [0.29, 0.717) is 5.56 Å². The molecular weight excluding hydrogens is 258 g/mol. The largest absolute Gasteiger partial charge is 0.452 e. The topological polar surface area (TPSA) is 75.6 Å². The summed E-state index contributed by atoms with van der Waals surface area (Å²) in [5.41, 5.74) is 0.418. The molecule has 1 rings (SSSR count). The maximum absolute atomic E-state index is 12.0. The Balaban J connectivity index is 2.81. The van der Waals surface area contributed by atoms with Gasteiger partial charge in [-0.2, -0.15) is 0 Å². The molecule has 0 radical (unpaired) electrons. The maximum Gasteiger partial charge on any atom is 0.338 e. The predicted molar refractivity (Wildman–Crippen MR) is 75.2 cm³/mol. The van der Waals surface area contributed by atoms with Crippen molar-refractivity contribution in [1.29, 1.82) is 0 Å². The number of rotatable bonds is 6. The molecule has 0 aliphatic rings. The van der Waals surface area contributed by atoms with Crippen molar-refractivity contribution in [2.75, 3.05) is 6.61 Å². The lowest BCUT2D eigenvalue weighted by molar-refractivity contribution is -0.120. The van der Waals surface area contributed by atoms with Crippen LogP contribution in [0.3, 0.4) is 0 Å². The molecule has 5 heteroatoms. The standard InChI is InChI=1S/C15H19NO4/c1-3-7-14(13(10-17)16-11(2)18)20-15(19)12-8-5-4-6-9-12/h3-9,13-14,17H,10H2,1-2H3,(H,16,18)/b7-3+/t13-,14+/m0/s1. The molecule has 0 bridgehead atoms. The zero-order valence-corrected chi connectivity index (χ0v) is 11.6. The van der Waals surface area contributed by atoms with Crippen LogP contribution < -0.4 is 5.32 Å². The number of allylic oxidation sites excluding steroid dienone is 1. The van der Waals surface area contributed by atoms with Crippen LogP contribution in [0.1, 0.15) is 24.2 Å². The Morgan fingerprint density at radius 3 is 2.50 bits per heavy atom. The summed E-state index contributed by atoms with van der Waals surface area (Å²) in [6.07, 6.45) is 2.60. The van der Waals surface area contributed by atoms with Crippen molar-refractivity contribution in [3.63, 3.8) is 0 Å². The number of aliphatic hydroxyl groups is 1. The number of benzene rings is 1. The Kier molecular flexibility index (Phi) is 6.46. The average Bonchev–Trinajstić information content (AvgIpc) is 2.45. The second-order valence-corrected chi connectivity index (χ2v) is 4.25. The van der Waals surface area contributed by atoms with Crippen LogP contribution in [0.5, 0.6) is 0 Å². The molecule has 0 aromatic heterocycles. The molecule has 5 nitrogen and oxygen atoms in total. The molecule has 2 atom stereocenters. The lowest BCUT2D eigenvalue weighted by atomic mass is 10.1. The van der Waals surface area contributed by atoms with Crippen molar-refractivity contribution in [1.82, 2.24) is 5.32 Å². The van der Waals surface area contributed by atoms with Crippen molar-refractivity contribution in [3.05, 3.63) is 48.0 Å². The average molecular weight is 277 g/mol. The summed E-state index contributed by atoms with van der Waals surface area (Å²) in [7, 11) is 0. The number of carbonyl (C=O) groups is 2. The van der Waals surface area contributed by atoms with Crippen LogP contribution in [-0.2, 0) is 9.53 Å². The maximum atomic E-state index is 12.0. The van der Waals surface area contributed by atoms with Crippen LogP contribution >= 0.6 is 0 Å². The van der Waals surface area contributed by atoms with Gasteiger partial charge in [-0.25, -0.2) is 4.79 Å². The third-order valence-corrected chi connectivity index (χ3v) is 2.62. The molecule has 1 amide bonds. The van der Waals surface area contributed by atoms with Gasteiger partial charge in [0.25, 0.3) is 0 Å². The molecule has 0 aliphatic carbocycles. The van der Waals surface area contributed by atoms with E-state index in [2.05, 4.69) is 5.32 Å². The molecule has 20 heavy (non-hydrogen) atoms. The Bertz CT molecular complexity index is 470. The SMILES string of the molecule is C/C=C/[C@@H](OC(=O)c1ccccc1)[C@H](CO)NC(C)=O. The van der Waals surface area contributed by atoms with Crippen molar-refractivity contribution in [2.24, 2.45) is 0 Å². The zero-order valence-electron chi connectivity index (χ0n) is 11.6. The number of ether oxygens (including phenoxy) is 1. The molecule has 0 fully saturated rings. The first-order chi connectivity index (χ1) is 9.58. The van der Waals surface area contributed by atoms with E-state index < -0.39 is 18.1 Å². The summed E-state index contributed by atoms with van der Waals surface area (Å²) in [6.45, 7) is 2.79. The molecule has 1 aromatic carbocycles. The number of esters is 1. The Hall–Kier alpha value is -2.14. The lowest BCUT2D eigenvalue weighted by Crippen LogP contribution is -2.46. The number of hydrogen-bond donors (Lipinski definition) is 2. The summed E-state index contributed by atoms with van der Waals surface area (Å²) < 4.78 is 5.33. The molecule has 1 aromatic rings. The van der Waals surface area contributed by atoms with Gasteiger partial charge in [-0.15, -0.1) is 0 Å².